The van der Waals surface area contributed by atoms with Crippen molar-refractivity contribution in [3.63, 3.8) is 0 Å². The smallest absolute Gasteiger partial charge is 0.305 e. The van der Waals surface area contributed by atoms with Gasteiger partial charge in [0.25, 0.3) is 5.91 Å². The van der Waals surface area contributed by atoms with E-state index >= 15 is 0 Å². The van der Waals surface area contributed by atoms with Gasteiger partial charge in [0.15, 0.2) is 0 Å². The molecule has 2 unspecified atom stereocenters. The average molecular weight is 470 g/mol. The van der Waals surface area contributed by atoms with E-state index in [-0.39, 0.29) is 12.3 Å². The van der Waals surface area contributed by atoms with Gasteiger partial charge in [-0.25, -0.2) is 4.98 Å². The highest BCUT2D eigenvalue weighted by Crippen LogP contribution is 2.28. The summed E-state index contributed by atoms with van der Waals surface area (Å²) in [6.07, 6.45) is 4.29. The summed E-state index contributed by atoms with van der Waals surface area (Å²) in [5.74, 6) is 0.205. The van der Waals surface area contributed by atoms with Gasteiger partial charge in [-0.15, -0.1) is 11.3 Å². The molecule has 1 amide bonds. The molecule has 0 spiro atoms. The van der Waals surface area contributed by atoms with E-state index in [4.69, 9.17) is 4.98 Å². The quantitative estimate of drug-likeness (QED) is 0.338. The first-order valence-electron chi connectivity index (χ1n) is 11.9. The minimum absolute atomic E-state index is 0.0768. The van der Waals surface area contributed by atoms with E-state index in [0.29, 0.717) is 23.9 Å². The molecule has 0 fully saturated rings. The molecule has 2 N–H and O–H groups in total. The summed E-state index contributed by atoms with van der Waals surface area (Å²) in [4.78, 5) is 30.5. The zero-order valence-electron chi connectivity index (χ0n) is 20.0. The van der Waals surface area contributed by atoms with Gasteiger partial charge in [-0.3, -0.25) is 9.59 Å². The Morgan fingerprint density at radius 2 is 1.91 bits per heavy atom. The number of hydrogen-bond acceptors (Lipinski definition) is 4. The zero-order chi connectivity index (χ0) is 24.0. The van der Waals surface area contributed by atoms with Crippen molar-refractivity contribution >= 4 is 34.2 Å². The highest BCUT2D eigenvalue weighted by Gasteiger charge is 2.22. The van der Waals surface area contributed by atoms with Crippen molar-refractivity contribution in [2.75, 3.05) is 0 Å². The molecule has 6 nitrogen and oxygen atoms in total. The average Bonchev–Trinajstić information content (AvgIpc) is 3.42. The SMILES string of the molecule is CCC(C)CC(CC(=O)O)NC(=O)c1ccc2c(c1)nc(Cc1cccs1)n2C(CC)CC. The summed E-state index contributed by atoms with van der Waals surface area (Å²) in [6.45, 7) is 8.53. The summed E-state index contributed by atoms with van der Waals surface area (Å²) >= 11 is 1.72. The molecule has 0 aliphatic carbocycles. The fraction of sp³-hybridized carbons (Fsp3) is 0.500. The molecule has 33 heavy (non-hydrogen) atoms. The number of nitrogens with one attached hydrogen (secondary N) is 1. The van der Waals surface area contributed by atoms with E-state index in [1.165, 1.54) is 4.88 Å². The van der Waals surface area contributed by atoms with Gasteiger partial charge in [0, 0.05) is 28.9 Å². The van der Waals surface area contributed by atoms with Crippen LogP contribution in [0.3, 0.4) is 0 Å². The molecule has 0 saturated carbocycles. The molecule has 0 aliphatic rings. The molecule has 178 valence electrons. The second-order valence-electron chi connectivity index (χ2n) is 8.85. The maximum absolute atomic E-state index is 13.0. The molecule has 2 aromatic heterocycles. The summed E-state index contributed by atoms with van der Waals surface area (Å²) < 4.78 is 2.33. The number of rotatable bonds is 12. The van der Waals surface area contributed by atoms with Gasteiger partial charge in [0.2, 0.25) is 0 Å². The third-order valence-corrected chi connectivity index (χ3v) is 7.26. The lowest BCUT2D eigenvalue weighted by molar-refractivity contribution is -0.137. The lowest BCUT2D eigenvalue weighted by Crippen LogP contribution is -2.37. The number of carboxylic acid groups (broad SMARTS) is 1. The number of imidazole rings is 1. The van der Waals surface area contributed by atoms with Crippen molar-refractivity contribution in [1.29, 1.82) is 0 Å². The first-order chi connectivity index (χ1) is 15.9. The van der Waals surface area contributed by atoms with Crippen LogP contribution < -0.4 is 5.32 Å². The lowest BCUT2D eigenvalue weighted by atomic mass is 9.97. The fourth-order valence-corrected chi connectivity index (χ4v) is 5.07. The van der Waals surface area contributed by atoms with Gasteiger partial charge in [-0.2, -0.15) is 0 Å². The van der Waals surface area contributed by atoms with Crippen molar-refractivity contribution in [3.05, 3.63) is 52.0 Å². The third-order valence-electron chi connectivity index (χ3n) is 6.38. The summed E-state index contributed by atoms with van der Waals surface area (Å²) in [7, 11) is 0. The molecule has 2 atom stereocenters. The molecule has 1 aromatic carbocycles. The minimum atomic E-state index is -0.902. The van der Waals surface area contributed by atoms with Gasteiger partial charge in [-0.1, -0.05) is 40.2 Å². The highest BCUT2D eigenvalue weighted by atomic mass is 32.1. The first kappa shape index (κ1) is 25.0. The molecule has 0 radical (unpaired) electrons. The van der Waals surface area contributed by atoms with Crippen LogP contribution >= 0.6 is 11.3 Å². The van der Waals surface area contributed by atoms with E-state index < -0.39 is 12.0 Å². The van der Waals surface area contributed by atoms with Crippen LogP contribution in [-0.2, 0) is 11.2 Å². The second-order valence-corrected chi connectivity index (χ2v) is 9.88. The van der Waals surface area contributed by atoms with E-state index in [2.05, 4.69) is 55.1 Å². The number of nitrogens with zero attached hydrogens (tertiary/aromatic N) is 2. The number of aromatic nitrogens is 2. The third kappa shape index (κ3) is 6.22. The standard InChI is InChI=1S/C26H35N3O3S/c1-5-17(4)13-19(15-25(30)31)27-26(32)18-10-11-23-22(14-18)28-24(16-21-9-8-12-33-21)29(23)20(6-2)7-3/h8-12,14,17,19-20H,5-7,13,15-16H2,1-4H3,(H,27,32)(H,30,31). The Bertz CT molecular complexity index is 1070. The maximum atomic E-state index is 13.0. The number of carboxylic acids is 1. The molecular formula is C26H35N3O3S. The largest absolute Gasteiger partial charge is 0.481 e. The van der Waals surface area contributed by atoms with Crippen LogP contribution in [0.25, 0.3) is 11.0 Å². The van der Waals surface area contributed by atoms with Crippen molar-refractivity contribution in [2.45, 2.75) is 78.3 Å². The van der Waals surface area contributed by atoms with Crippen LogP contribution in [-0.4, -0.2) is 32.6 Å². The van der Waals surface area contributed by atoms with E-state index in [1.807, 2.05) is 18.2 Å². The maximum Gasteiger partial charge on any atom is 0.305 e. The van der Waals surface area contributed by atoms with Crippen LogP contribution in [0.15, 0.2) is 35.7 Å². The van der Waals surface area contributed by atoms with Crippen LogP contribution in [0, 0.1) is 5.92 Å². The van der Waals surface area contributed by atoms with E-state index in [1.54, 1.807) is 11.3 Å². The van der Waals surface area contributed by atoms with E-state index in [0.717, 1.165) is 42.5 Å². The Kier molecular flexibility index (Phi) is 8.67. The Balaban J connectivity index is 1.91. The van der Waals surface area contributed by atoms with E-state index in [9.17, 15) is 14.7 Å². The van der Waals surface area contributed by atoms with Crippen molar-refractivity contribution in [2.24, 2.45) is 5.92 Å². The first-order valence-corrected chi connectivity index (χ1v) is 12.8. The molecule has 3 rings (SSSR count). The van der Waals surface area contributed by atoms with Gasteiger partial charge < -0.3 is 15.0 Å². The number of carbonyl (C=O) groups is 2. The monoisotopic (exact) mass is 469 g/mol. The number of benzene rings is 1. The molecule has 3 aromatic rings. The molecule has 2 heterocycles. The highest BCUT2D eigenvalue weighted by molar-refractivity contribution is 7.09. The number of aliphatic carboxylic acids is 1. The molecule has 0 aliphatic heterocycles. The number of thiophene rings is 1. The van der Waals surface area contributed by atoms with Crippen LogP contribution in [0.2, 0.25) is 0 Å². The van der Waals surface area contributed by atoms with Gasteiger partial charge in [0.05, 0.1) is 17.5 Å². The molecule has 0 saturated heterocycles. The van der Waals surface area contributed by atoms with Crippen molar-refractivity contribution < 1.29 is 14.7 Å². The summed E-state index contributed by atoms with van der Waals surface area (Å²) in [6, 6.07) is 9.78. The number of carbonyl (C=O) groups excluding carboxylic acids is 1. The Morgan fingerprint density at radius 1 is 1.15 bits per heavy atom. The Hall–Kier alpha value is -2.67. The second kappa shape index (κ2) is 11.5. The number of fused-ring (bicyclic) bond motifs is 1. The number of amides is 1. The number of hydrogen-bond donors (Lipinski definition) is 2. The van der Waals surface area contributed by atoms with Gasteiger partial charge in [0.1, 0.15) is 5.82 Å². The van der Waals surface area contributed by atoms with Crippen LogP contribution in [0.5, 0.6) is 0 Å². The van der Waals surface area contributed by atoms with Crippen molar-refractivity contribution in [3.8, 4) is 0 Å². The van der Waals surface area contributed by atoms with Crippen molar-refractivity contribution in [1.82, 2.24) is 14.9 Å². The predicted molar refractivity (Wildman–Crippen MR) is 134 cm³/mol. The Morgan fingerprint density at radius 3 is 2.52 bits per heavy atom. The summed E-state index contributed by atoms with van der Waals surface area (Å²) in [5.41, 5.74) is 2.35. The Labute approximate surface area is 200 Å². The molecular weight excluding hydrogens is 434 g/mol. The zero-order valence-corrected chi connectivity index (χ0v) is 20.8. The van der Waals surface area contributed by atoms with Gasteiger partial charge in [-0.05, 0) is 54.8 Å². The van der Waals surface area contributed by atoms with Crippen LogP contribution in [0.4, 0.5) is 0 Å². The normalized spacial score (nSPS) is 13.4. The topological polar surface area (TPSA) is 84.2 Å². The minimum Gasteiger partial charge on any atom is -0.481 e. The lowest BCUT2D eigenvalue weighted by Gasteiger charge is -2.20. The predicted octanol–water partition coefficient (Wildman–Crippen LogP) is 6.06. The van der Waals surface area contributed by atoms with Crippen LogP contribution in [0.1, 0.15) is 86.9 Å². The molecule has 0 bridgehead atoms. The van der Waals surface area contributed by atoms with Gasteiger partial charge >= 0.3 is 5.97 Å². The summed E-state index contributed by atoms with van der Waals surface area (Å²) in [5, 5.41) is 14.3. The fourth-order valence-electron chi connectivity index (χ4n) is 4.37. The molecule has 7 heteroatoms.